The van der Waals surface area contributed by atoms with E-state index in [2.05, 4.69) is 10.6 Å². The van der Waals surface area contributed by atoms with Crippen molar-refractivity contribution in [2.24, 2.45) is 14.1 Å². The molecule has 0 aliphatic rings. The fourth-order valence-electron chi connectivity index (χ4n) is 2.97. The van der Waals surface area contributed by atoms with E-state index >= 15 is 0 Å². The summed E-state index contributed by atoms with van der Waals surface area (Å²) in [4.78, 5) is 36.1. The molecule has 0 unspecified atom stereocenters. The molecule has 3 rings (SSSR count). The van der Waals surface area contributed by atoms with Gasteiger partial charge in [-0.15, -0.1) is 0 Å². The smallest absolute Gasteiger partial charge is 0.328 e. The fraction of sp³-hybridized carbons (Fsp3) is 0.250. The van der Waals surface area contributed by atoms with Gasteiger partial charge in [-0.3, -0.25) is 18.7 Å². The number of benzene rings is 2. The van der Waals surface area contributed by atoms with Gasteiger partial charge in [-0.2, -0.15) is 0 Å². The summed E-state index contributed by atoms with van der Waals surface area (Å²) < 4.78 is 8.11. The van der Waals surface area contributed by atoms with Crippen molar-refractivity contribution in [1.82, 2.24) is 14.5 Å². The lowest BCUT2D eigenvalue weighted by atomic mass is 10.1. The SMILES string of the molecule is COc1ccc(CCNC(=O)C(=O)Nc2ccc3c(c2)n(C)c(=O)n3C)cc1. The molecular weight excluding hydrogens is 360 g/mol. The van der Waals surface area contributed by atoms with Crippen molar-refractivity contribution in [3.8, 4) is 5.75 Å². The van der Waals surface area contributed by atoms with Gasteiger partial charge >= 0.3 is 17.5 Å². The molecule has 1 heterocycles. The Morgan fingerprint density at radius 1 is 0.964 bits per heavy atom. The third-order valence-electron chi connectivity index (χ3n) is 4.59. The first kappa shape index (κ1) is 19.2. The molecule has 146 valence electrons. The van der Waals surface area contributed by atoms with Gasteiger partial charge in [0, 0.05) is 26.3 Å². The number of hydrogen-bond acceptors (Lipinski definition) is 4. The minimum atomic E-state index is -0.755. The first-order valence-electron chi connectivity index (χ1n) is 8.78. The molecule has 0 saturated carbocycles. The fourth-order valence-corrected chi connectivity index (χ4v) is 2.97. The zero-order valence-corrected chi connectivity index (χ0v) is 16.0. The van der Waals surface area contributed by atoms with Gasteiger partial charge in [0.25, 0.3) is 0 Å². The van der Waals surface area contributed by atoms with Gasteiger partial charge in [0.15, 0.2) is 0 Å². The van der Waals surface area contributed by atoms with E-state index in [0.29, 0.717) is 24.2 Å². The van der Waals surface area contributed by atoms with Crippen LogP contribution in [0.4, 0.5) is 5.69 Å². The Hall–Kier alpha value is -3.55. The molecule has 3 aromatic rings. The zero-order chi connectivity index (χ0) is 20.3. The van der Waals surface area contributed by atoms with Crippen molar-refractivity contribution in [3.05, 3.63) is 58.5 Å². The summed E-state index contributed by atoms with van der Waals surface area (Å²) in [7, 11) is 4.93. The second-order valence-electron chi connectivity index (χ2n) is 6.41. The van der Waals surface area contributed by atoms with Crippen LogP contribution in [0.2, 0.25) is 0 Å². The monoisotopic (exact) mass is 382 g/mol. The van der Waals surface area contributed by atoms with Gasteiger partial charge in [-0.1, -0.05) is 12.1 Å². The summed E-state index contributed by atoms with van der Waals surface area (Å²) >= 11 is 0. The summed E-state index contributed by atoms with van der Waals surface area (Å²) in [6.07, 6.45) is 0.598. The molecule has 8 heteroatoms. The minimum Gasteiger partial charge on any atom is -0.497 e. The molecule has 0 bridgehead atoms. The molecular formula is C20H22N4O4. The van der Waals surface area contributed by atoms with E-state index in [1.54, 1.807) is 39.4 Å². The van der Waals surface area contributed by atoms with E-state index in [-0.39, 0.29) is 5.69 Å². The number of nitrogens with zero attached hydrogens (tertiary/aromatic N) is 2. The summed E-state index contributed by atoms with van der Waals surface area (Å²) in [5, 5.41) is 5.16. The van der Waals surface area contributed by atoms with Crippen LogP contribution in [0.3, 0.4) is 0 Å². The Balaban J connectivity index is 1.57. The van der Waals surface area contributed by atoms with Gasteiger partial charge in [0.2, 0.25) is 0 Å². The van der Waals surface area contributed by atoms with Gasteiger partial charge in [0.05, 0.1) is 18.1 Å². The lowest BCUT2D eigenvalue weighted by Gasteiger charge is -2.08. The topological polar surface area (TPSA) is 94.4 Å². The molecule has 2 amide bonds. The average molecular weight is 382 g/mol. The van der Waals surface area contributed by atoms with Crippen LogP contribution in [-0.4, -0.2) is 34.6 Å². The normalized spacial score (nSPS) is 10.7. The van der Waals surface area contributed by atoms with Crippen LogP contribution in [0.25, 0.3) is 11.0 Å². The number of aryl methyl sites for hydroxylation is 2. The van der Waals surface area contributed by atoms with Crippen molar-refractivity contribution >= 4 is 28.5 Å². The number of carbonyl (C=O) groups is 2. The summed E-state index contributed by atoms with van der Waals surface area (Å²) in [6, 6.07) is 12.6. The third-order valence-corrected chi connectivity index (χ3v) is 4.59. The quantitative estimate of drug-likeness (QED) is 0.648. The van der Waals surface area contributed by atoms with E-state index in [4.69, 9.17) is 4.74 Å². The Labute approximate surface area is 161 Å². The molecule has 0 radical (unpaired) electrons. The van der Waals surface area contributed by atoms with Crippen LogP contribution in [0.5, 0.6) is 5.75 Å². The molecule has 2 N–H and O–H groups in total. The van der Waals surface area contributed by atoms with E-state index in [0.717, 1.165) is 16.8 Å². The summed E-state index contributed by atoms with van der Waals surface area (Å²) in [5.74, 6) is -0.703. The number of hydrogen-bond donors (Lipinski definition) is 2. The highest BCUT2D eigenvalue weighted by molar-refractivity contribution is 6.39. The number of amides is 2. The molecule has 0 spiro atoms. The average Bonchev–Trinajstić information content (AvgIpc) is 2.92. The van der Waals surface area contributed by atoms with Crippen LogP contribution < -0.4 is 21.1 Å². The summed E-state index contributed by atoms with van der Waals surface area (Å²) in [6.45, 7) is 0.338. The Morgan fingerprint density at radius 2 is 1.64 bits per heavy atom. The molecule has 0 aliphatic carbocycles. The lowest BCUT2D eigenvalue weighted by molar-refractivity contribution is -0.136. The predicted molar refractivity (Wildman–Crippen MR) is 106 cm³/mol. The van der Waals surface area contributed by atoms with Crippen molar-refractivity contribution in [1.29, 1.82) is 0 Å². The molecule has 0 aliphatic heterocycles. The highest BCUT2D eigenvalue weighted by atomic mass is 16.5. The number of anilines is 1. The third kappa shape index (κ3) is 3.90. The largest absolute Gasteiger partial charge is 0.497 e. The van der Waals surface area contributed by atoms with Crippen LogP contribution in [0.15, 0.2) is 47.3 Å². The molecule has 2 aromatic carbocycles. The zero-order valence-electron chi connectivity index (χ0n) is 16.0. The lowest BCUT2D eigenvalue weighted by Crippen LogP contribution is -2.36. The Morgan fingerprint density at radius 3 is 2.32 bits per heavy atom. The van der Waals surface area contributed by atoms with E-state index < -0.39 is 11.8 Å². The van der Waals surface area contributed by atoms with E-state index in [1.807, 2.05) is 24.3 Å². The van der Waals surface area contributed by atoms with Crippen molar-refractivity contribution in [3.63, 3.8) is 0 Å². The maximum absolute atomic E-state index is 12.1. The summed E-state index contributed by atoms with van der Waals surface area (Å²) in [5.41, 5.74) is 2.73. The second kappa shape index (κ2) is 7.99. The van der Waals surface area contributed by atoms with Gasteiger partial charge in [-0.05, 0) is 42.3 Å². The number of fused-ring (bicyclic) bond motifs is 1. The second-order valence-corrected chi connectivity index (χ2v) is 6.41. The molecule has 0 saturated heterocycles. The number of rotatable bonds is 5. The van der Waals surface area contributed by atoms with Crippen LogP contribution in [0, 0.1) is 0 Å². The predicted octanol–water partition coefficient (Wildman–Crippen LogP) is 1.18. The number of aromatic nitrogens is 2. The number of ether oxygens (including phenoxy) is 1. The first-order chi connectivity index (χ1) is 13.4. The van der Waals surface area contributed by atoms with Crippen molar-refractivity contribution in [2.45, 2.75) is 6.42 Å². The van der Waals surface area contributed by atoms with E-state index in [1.165, 1.54) is 9.13 Å². The number of methoxy groups -OCH3 is 1. The van der Waals surface area contributed by atoms with E-state index in [9.17, 15) is 14.4 Å². The highest BCUT2D eigenvalue weighted by Crippen LogP contribution is 2.17. The minimum absolute atomic E-state index is 0.158. The number of carbonyl (C=O) groups excluding carboxylic acids is 2. The van der Waals surface area contributed by atoms with Gasteiger partial charge < -0.3 is 15.4 Å². The molecule has 0 fully saturated rings. The molecule has 1 aromatic heterocycles. The van der Waals surface area contributed by atoms with Crippen molar-refractivity contribution < 1.29 is 14.3 Å². The standard InChI is InChI=1S/C20H22N4O4/c1-23-16-9-6-14(12-17(16)24(2)20(23)27)22-19(26)18(25)21-11-10-13-4-7-15(28-3)8-5-13/h4-9,12H,10-11H2,1-3H3,(H,21,25)(H,22,26). The Bertz CT molecular complexity index is 1080. The maximum Gasteiger partial charge on any atom is 0.328 e. The van der Waals surface area contributed by atoms with Crippen LogP contribution in [-0.2, 0) is 30.1 Å². The van der Waals surface area contributed by atoms with Crippen LogP contribution in [0.1, 0.15) is 5.56 Å². The van der Waals surface area contributed by atoms with Gasteiger partial charge in [-0.25, -0.2) is 4.79 Å². The molecule has 0 atom stereocenters. The maximum atomic E-state index is 12.1. The van der Waals surface area contributed by atoms with Crippen molar-refractivity contribution in [2.75, 3.05) is 19.0 Å². The molecule has 28 heavy (non-hydrogen) atoms. The van der Waals surface area contributed by atoms with Gasteiger partial charge in [0.1, 0.15) is 5.75 Å². The number of imidazole rings is 1. The number of nitrogens with one attached hydrogen (secondary N) is 2. The Kier molecular flexibility index (Phi) is 5.49. The molecule has 8 nitrogen and oxygen atoms in total. The highest BCUT2D eigenvalue weighted by Gasteiger charge is 2.15. The first-order valence-corrected chi connectivity index (χ1v) is 8.78. The van der Waals surface area contributed by atoms with Crippen LogP contribution >= 0.6 is 0 Å².